The molecule has 2 rings (SSSR count). The predicted molar refractivity (Wildman–Crippen MR) is 78.0 cm³/mol. The van der Waals surface area contributed by atoms with E-state index in [2.05, 4.69) is 36.1 Å². The largest absolute Gasteiger partial charge is 0.306 e. The molecule has 0 radical (unpaired) electrons. The first-order valence-electron chi connectivity index (χ1n) is 6.39. The van der Waals surface area contributed by atoms with Gasteiger partial charge in [-0.15, -0.1) is 0 Å². The van der Waals surface area contributed by atoms with E-state index < -0.39 is 0 Å². The first-order chi connectivity index (χ1) is 8.29. The van der Waals surface area contributed by atoms with Gasteiger partial charge in [0.1, 0.15) is 0 Å². The molecule has 1 heterocycles. The molecule has 0 aliphatic carbocycles. The van der Waals surface area contributed by atoms with E-state index in [-0.39, 0.29) is 0 Å². The smallest absolute Gasteiger partial charge is 0.0406 e. The Morgan fingerprint density at radius 3 is 2.76 bits per heavy atom. The highest BCUT2D eigenvalue weighted by atomic mass is 35.5. The molecule has 2 unspecified atom stereocenters. The molecule has 1 saturated heterocycles. The summed E-state index contributed by atoms with van der Waals surface area (Å²) in [6, 6.07) is 9.39. The number of nitrogens with one attached hydrogen (secondary N) is 1. The summed E-state index contributed by atoms with van der Waals surface area (Å²) in [5, 5.41) is 4.59. The Morgan fingerprint density at radius 2 is 2.18 bits per heavy atom. The van der Waals surface area contributed by atoms with Gasteiger partial charge < -0.3 is 5.32 Å². The summed E-state index contributed by atoms with van der Waals surface area (Å²) >= 11 is 8.00. The Kier molecular flexibility index (Phi) is 5.20. The summed E-state index contributed by atoms with van der Waals surface area (Å²) in [5.74, 6) is 2.58. The molecular weight excluding hydrogens is 250 g/mol. The molecule has 2 atom stereocenters. The van der Waals surface area contributed by atoms with Crippen molar-refractivity contribution in [2.24, 2.45) is 0 Å². The lowest BCUT2D eigenvalue weighted by molar-refractivity contribution is 0.425. The van der Waals surface area contributed by atoms with Crippen LogP contribution in [0.5, 0.6) is 0 Å². The van der Waals surface area contributed by atoms with Gasteiger partial charge in [0.05, 0.1) is 0 Å². The third-order valence-electron chi connectivity index (χ3n) is 3.28. The van der Waals surface area contributed by atoms with Gasteiger partial charge >= 0.3 is 0 Å². The van der Waals surface area contributed by atoms with E-state index in [1.54, 1.807) is 0 Å². The predicted octanol–water partition coefficient (Wildman–Crippen LogP) is 4.28. The molecule has 1 aromatic carbocycles. The second-order valence-corrected chi connectivity index (χ2v) is 6.18. The number of rotatable bonds is 4. The van der Waals surface area contributed by atoms with E-state index >= 15 is 0 Å². The van der Waals surface area contributed by atoms with Crippen molar-refractivity contribution in [3.05, 3.63) is 34.9 Å². The van der Waals surface area contributed by atoms with Crippen LogP contribution < -0.4 is 5.32 Å². The Hall–Kier alpha value is -0.180. The zero-order valence-electron chi connectivity index (χ0n) is 10.3. The van der Waals surface area contributed by atoms with Crippen LogP contribution in [0.2, 0.25) is 5.02 Å². The van der Waals surface area contributed by atoms with E-state index in [1.165, 1.54) is 29.9 Å². The standard InChI is InChI=1S/C14H20ClNS/c1-2-14(11-5-7-12(15)8-6-11)16-13-4-3-9-17-10-13/h5-8,13-14,16H,2-4,9-10H2,1H3. The second-order valence-electron chi connectivity index (χ2n) is 4.59. The summed E-state index contributed by atoms with van der Waals surface area (Å²) in [7, 11) is 0. The number of hydrogen-bond acceptors (Lipinski definition) is 2. The third kappa shape index (κ3) is 3.90. The Balaban J connectivity index is 1.97. The molecule has 17 heavy (non-hydrogen) atoms. The van der Waals surface area contributed by atoms with Crippen molar-refractivity contribution >= 4 is 23.4 Å². The monoisotopic (exact) mass is 269 g/mol. The van der Waals surface area contributed by atoms with Gasteiger partial charge in [-0.2, -0.15) is 11.8 Å². The number of benzene rings is 1. The highest BCUT2D eigenvalue weighted by Gasteiger charge is 2.18. The molecule has 0 spiro atoms. The minimum Gasteiger partial charge on any atom is -0.306 e. The lowest BCUT2D eigenvalue weighted by Gasteiger charge is -2.28. The Labute approximate surface area is 113 Å². The SMILES string of the molecule is CCC(NC1CCCSC1)c1ccc(Cl)cc1. The maximum Gasteiger partial charge on any atom is 0.0406 e. The van der Waals surface area contributed by atoms with Crippen LogP contribution >= 0.6 is 23.4 Å². The molecule has 1 N–H and O–H groups in total. The van der Waals surface area contributed by atoms with Crippen LogP contribution in [0, 0.1) is 0 Å². The van der Waals surface area contributed by atoms with Crippen molar-refractivity contribution < 1.29 is 0 Å². The molecule has 1 aliphatic heterocycles. The van der Waals surface area contributed by atoms with Crippen molar-refractivity contribution in [3.63, 3.8) is 0 Å². The van der Waals surface area contributed by atoms with Gasteiger partial charge in [0.25, 0.3) is 0 Å². The lowest BCUT2D eigenvalue weighted by atomic mass is 10.0. The van der Waals surface area contributed by atoms with Gasteiger partial charge in [-0.3, -0.25) is 0 Å². The molecule has 0 amide bonds. The molecule has 1 aliphatic rings. The zero-order chi connectivity index (χ0) is 12.1. The van der Waals surface area contributed by atoms with Crippen molar-refractivity contribution in [3.8, 4) is 0 Å². The maximum absolute atomic E-state index is 5.93. The fraction of sp³-hybridized carbons (Fsp3) is 0.571. The van der Waals surface area contributed by atoms with Crippen LogP contribution in [-0.4, -0.2) is 17.5 Å². The average Bonchev–Trinajstić information content (AvgIpc) is 2.38. The van der Waals surface area contributed by atoms with E-state index in [1.807, 2.05) is 12.1 Å². The molecule has 0 bridgehead atoms. The molecule has 1 nitrogen and oxygen atoms in total. The van der Waals surface area contributed by atoms with Crippen LogP contribution in [0.15, 0.2) is 24.3 Å². The van der Waals surface area contributed by atoms with Gasteiger partial charge in [-0.1, -0.05) is 30.7 Å². The summed E-state index contributed by atoms with van der Waals surface area (Å²) in [6.45, 7) is 2.24. The Bertz CT molecular complexity index is 333. The van der Waals surface area contributed by atoms with Gasteiger partial charge in [0, 0.05) is 22.9 Å². The van der Waals surface area contributed by atoms with Gasteiger partial charge in [-0.25, -0.2) is 0 Å². The highest BCUT2D eigenvalue weighted by Crippen LogP contribution is 2.23. The Morgan fingerprint density at radius 1 is 1.41 bits per heavy atom. The molecule has 0 aromatic heterocycles. The number of thioether (sulfide) groups is 1. The quantitative estimate of drug-likeness (QED) is 0.876. The summed E-state index contributed by atoms with van der Waals surface area (Å²) in [6.07, 6.45) is 3.79. The van der Waals surface area contributed by atoms with Crippen LogP contribution in [0.3, 0.4) is 0 Å². The van der Waals surface area contributed by atoms with Crippen molar-refractivity contribution in [1.29, 1.82) is 0 Å². The van der Waals surface area contributed by atoms with Crippen LogP contribution in [-0.2, 0) is 0 Å². The van der Waals surface area contributed by atoms with E-state index in [4.69, 9.17) is 11.6 Å². The van der Waals surface area contributed by atoms with Crippen LogP contribution in [0.4, 0.5) is 0 Å². The molecule has 94 valence electrons. The second kappa shape index (κ2) is 6.67. The van der Waals surface area contributed by atoms with E-state index in [0.29, 0.717) is 12.1 Å². The molecule has 0 saturated carbocycles. The van der Waals surface area contributed by atoms with Gasteiger partial charge in [0.2, 0.25) is 0 Å². The van der Waals surface area contributed by atoms with Gasteiger partial charge in [0.15, 0.2) is 0 Å². The molecule has 1 aromatic rings. The fourth-order valence-electron chi connectivity index (χ4n) is 2.30. The summed E-state index contributed by atoms with van der Waals surface area (Å²) in [5.41, 5.74) is 1.35. The average molecular weight is 270 g/mol. The van der Waals surface area contributed by atoms with E-state index in [9.17, 15) is 0 Å². The number of halogens is 1. The number of hydrogen-bond donors (Lipinski definition) is 1. The lowest BCUT2D eigenvalue weighted by Crippen LogP contribution is -2.36. The first-order valence-corrected chi connectivity index (χ1v) is 7.92. The molecular formula is C14H20ClNS. The van der Waals surface area contributed by atoms with E-state index in [0.717, 1.165) is 11.4 Å². The fourth-order valence-corrected chi connectivity index (χ4v) is 3.51. The summed E-state index contributed by atoms with van der Waals surface area (Å²) in [4.78, 5) is 0. The van der Waals surface area contributed by atoms with Crippen molar-refractivity contribution in [2.75, 3.05) is 11.5 Å². The highest BCUT2D eigenvalue weighted by molar-refractivity contribution is 7.99. The van der Waals surface area contributed by atoms with Gasteiger partial charge in [-0.05, 0) is 42.7 Å². The van der Waals surface area contributed by atoms with Crippen molar-refractivity contribution in [2.45, 2.75) is 38.3 Å². The topological polar surface area (TPSA) is 12.0 Å². The third-order valence-corrected chi connectivity index (χ3v) is 4.75. The normalized spacial score (nSPS) is 22.4. The molecule has 1 fully saturated rings. The van der Waals surface area contributed by atoms with Crippen LogP contribution in [0.1, 0.15) is 37.8 Å². The summed E-state index contributed by atoms with van der Waals surface area (Å²) < 4.78 is 0. The zero-order valence-corrected chi connectivity index (χ0v) is 11.9. The first kappa shape index (κ1) is 13.3. The molecule has 3 heteroatoms. The maximum atomic E-state index is 5.93. The van der Waals surface area contributed by atoms with Crippen molar-refractivity contribution in [1.82, 2.24) is 5.32 Å². The van der Waals surface area contributed by atoms with Crippen LogP contribution in [0.25, 0.3) is 0 Å². The minimum atomic E-state index is 0.468. The minimum absolute atomic E-state index is 0.468.